The highest BCUT2D eigenvalue weighted by atomic mass is 79.9. The zero-order chi connectivity index (χ0) is 10.3. The van der Waals surface area contributed by atoms with E-state index in [2.05, 4.69) is 35.8 Å². The van der Waals surface area contributed by atoms with E-state index in [-0.39, 0.29) is 0 Å². The van der Waals surface area contributed by atoms with Gasteiger partial charge in [0.05, 0.1) is 0 Å². The molecule has 1 unspecified atom stereocenters. The molecule has 1 aromatic rings. The van der Waals surface area contributed by atoms with E-state index in [0.717, 1.165) is 15.9 Å². The van der Waals surface area contributed by atoms with Gasteiger partial charge in [0.25, 0.3) is 0 Å². The molecule has 0 bridgehead atoms. The van der Waals surface area contributed by atoms with Crippen LogP contribution in [0.25, 0.3) is 0 Å². The summed E-state index contributed by atoms with van der Waals surface area (Å²) >= 11 is 9.72. The second-order valence-corrected chi connectivity index (χ2v) is 5.67. The standard InChI is InChI=1S/C12H14BrCl/c1-7(2)9-3-4-10-11(9)5-8(13)6-12(10)14/h5-7,9H,3-4H2,1-2H3. The van der Waals surface area contributed by atoms with Gasteiger partial charge in [-0.1, -0.05) is 41.4 Å². The monoisotopic (exact) mass is 272 g/mol. The van der Waals surface area contributed by atoms with Crippen molar-refractivity contribution in [3.05, 3.63) is 32.8 Å². The molecule has 0 saturated heterocycles. The molecule has 0 N–H and O–H groups in total. The molecule has 0 aromatic heterocycles. The number of hydrogen-bond donors (Lipinski definition) is 0. The smallest absolute Gasteiger partial charge is 0.0452 e. The molecule has 1 aliphatic rings. The second kappa shape index (κ2) is 3.86. The minimum absolute atomic E-state index is 0.694. The highest BCUT2D eigenvalue weighted by molar-refractivity contribution is 9.10. The first-order chi connectivity index (χ1) is 6.59. The van der Waals surface area contributed by atoms with Crippen molar-refractivity contribution in [2.45, 2.75) is 32.6 Å². The van der Waals surface area contributed by atoms with Gasteiger partial charge in [-0.25, -0.2) is 0 Å². The topological polar surface area (TPSA) is 0 Å². The van der Waals surface area contributed by atoms with Crippen molar-refractivity contribution >= 4 is 27.5 Å². The van der Waals surface area contributed by atoms with E-state index in [1.54, 1.807) is 0 Å². The first-order valence-electron chi connectivity index (χ1n) is 5.07. The fourth-order valence-electron chi connectivity index (χ4n) is 2.37. The number of benzene rings is 1. The fraction of sp³-hybridized carbons (Fsp3) is 0.500. The fourth-order valence-corrected chi connectivity index (χ4v) is 3.29. The highest BCUT2D eigenvalue weighted by Crippen LogP contribution is 2.42. The van der Waals surface area contributed by atoms with Crippen molar-refractivity contribution < 1.29 is 0 Å². The zero-order valence-electron chi connectivity index (χ0n) is 8.48. The zero-order valence-corrected chi connectivity index (χ0v) is 10.8. The number of fused-ring (bicyclic) bond motifs is 1. The van der Waals surface area contributed by atoms with Crippen molar-refractivity contribution in [1.82, 2.24) is 0 Å². The Morgan fingerprint density at radius 1 is 1.43 bits per heavy atom. The molecule has 0 amide bonds. The molecule has 1 aliphatic carbocycles. The van der Waals surface area contributed by atoms with Gasteiger partial charge in [-0.15, -0.1) is 0 Å². The van der Waals surface area contributed by atoms with Gasteiger partial charge in [0.2, 0.25) is 0 Å². The van der Waals surface area contributed by atoms with Crippen molar-refractivity contribution in [3.8, 4) is 0 Å². The van der Waals surface area contributed by atoms with Crippen LogP contribution in [0.3, 0.4) is 0 Å². The Labute approximate surface area is 98.8 Å². The Hall–Kier alpha value is -0.0100. The molecular formula is C12H14BrCl. The largest absolute Gasteiger partial charge is 0.0840 e. The van der Waals surface area contributed by atoms with Gasteiger partial charge in [0, 0.05) is 9.50 Å². The molecular weight excluding hydrogens is 259 g/mol. The van der Waals surface area contributed by atoms with Crippen molar-refractivity contribution in [1.29, 1.82) is 0 Å². The van der Waals surface area contributed by atoms with E-state index >= 15 is 0 Å². The summed E-state index contributed by atoms with van der Waals surface area (Å²) in [7, 11) is 0. The third kappa shape index (κ3) is 1.72. The molecule has 1 atom stereocenters. The van der Waals surface area contributed by atoms with Crippen molar-refractivity contribution in [2.24, 2.45) is 5.92 Å². The van der Waals surface area contributed by atoms with Crippen LogP contribution in [0.4, 0.5) is 0 Å². The highest BCUT2D eigenvalue weighted by Gasteiger charge is 2.26. The first-order valence-corrected chi connectivity index (χ1v) is 6.24. The molecule has 14 heavy (non-hydrogen) atoms. The summed E-state index contributed by atoms with van der Waals surface area (Å²) in [6, 6.07) is 4.24. The van der Waals surface area contributed by atoms with Gasteiger partial charge >= 0.3 is 0 Å². The van der Waals surface area contributed by atoms with Crippen LogP contribution in [0.5, 0.6) is 0 Å². The van der Waals surface area contributed by atoms with Crippen LogP contribution in [-0.4, -0.2) is 0 Å². The molecule has 76 valence electrons. The molecule has 2 heteroatoms. The maximum Gasteiger partial charge on any atom is 0.0452 e. The van der Waals surface area contributed by atoms with Crippen LogP contribution in [0.1, 0.15) is 37.3 Å². The minimum Gasteiger partial charge on any atom is -0.0840 e. The summed E-state index contributed by atoms with van der Waals surface area (Å²) < 4.78 is 1.11. The quantitative estimate of drug-likeness (QED) is 0.690. The summed E-state index contributed by atoms with van der Waals surface area (Å²) in [5.41, 5.74) is 2.83. The summed E-state index contributed by atoms with van der Waals surface area (Å²) in [5.74, 6) is 1.40. The molecule has 0 nitrogen and oxygen atoms in total. The van der Waals surface area contributed by atoms with Crippen molar-refractivity contribution in [2.75, 3.05) is 0 Å². The van der Waals surface area contributed by atoms with E-state index in [4.69, 9.17) is 11.6 Å². The van der Waals surface area contributed by atoms with Gasteiger partial charge in [-0.2, -0.15) is 0 Å². The lowest BCUT2D eigenvalue weighted by atomic mass is 9.90. The van der Waals surface area contributed by atoms with Gasteiger partial charge in [0.15, 0.2) is 0 Å². The number of hydrogen-bond acceptors (Lipinski definition) is 0. The lowest BCUT2D eigenvalue weighted by molar-refractivity contribution is 0.495. The Kier molecular flexibility index (Phi) is 2.90. The molecule has 0 radical (unpaired) electrons. The van der Waals surface area contributed by atoms with E-state index < -0.39 is 0 Å². The predicted molar refractivity (Wildman–Crippen MR) is 65.1 cm³/mol. The van der Waals surface area contributed by atoms with Crippen LogP contribution in [0.2, 0.25) is 5.02 Å². The van der Waals surface area contributed by atoms with E-state index in [1.807, 2.05) is 6.07 Å². The third-order valence-corrected chi connectivity index (χ3v) is 3.90. The van der Waals surface area contributed by atoms with Crippen LogP contribution >= 0.6 is 27.5 Å². The van der Waals surface area contributed by atoms with Gasteiger partial charge in [-0.05, 0) is 47.9 Å². The third-order valence-electron chi connectivity index (χ3n) is 3.10. The Bertz CT molecular complexity index is 358. The van der Waals surface area contributed by atoms with Crippen molar-refractivity contribution in [3.63, 3.8) is 0 Å². The predicted octanol–water partition coefficient (Wildman–Crippen LogP) is 4.79. The minimum atomic E-state index is 0.694. The van der Waals surface area contributed by atoms with Gasteiger partial charge in [0.1, 0.15) is 0 Å². The second-order valence-electron chi connectivity index (χ2n) is 4.34. The Morgan fingerprint density at radius 3 is 2.79 bits per heavy atom. The van der Waals surface area contributed by atoms with Crippen LogP contribution < -0.4 is 0 Å². The lowest BCUT2D eigenvalue weighted by Crippen LogP contribution is -2.02. The Morgan fingerprint density at radius 2 is 2.14 bits per heavy atom. The summed E-state index contributed by atoms with van der Waals surface area (Å²) in [6.45, 7) is 4.57. The van der Waals surface area contributed by atoms with Gasteiger partial charge < -0.3 is 0 Å². The normalized spacial score (nSPS) is 20.2. The Balaban J connectivity index is 2.49. The van der Waals surface area contributed by atoms with E-state index in [9.17, 15) is 0 Å². The molecule has 0 saturated carbocycles. The van der Waals surface area contributed by atoms with E-state index in [0.29, 0.717) is 11.8 Å². The average molecular weight is 274 g/mol. The first kappa shape index (κ1) is 10.5. The SMILES string of the molecule is CC(C)C1CCc2c(Cl)cc(Br)cc21. The molecule has 0 aliphatic heterocycles. The van der Waals surface area contributed by atoms with Crippen LogP contribution in [0, 0.1) is 5.92 Å². The van der Waals surface area contributed by atoms with Crippen LogP contribution in [0.15, 0.2) is 16.6 Å². The lowest BCUT2D eigenvalue weighted by Gasteiger charge is -2.16. The maximum absolute atomic E-state index is 6.21. The number of halogens is 2. The summed E-state index contributed by atoms with van der Waals surface area (Å²) in [6.07, 6.45) is 2.40. The molecule has 1 aromatic carbocycles. The molecule has 0 fully saturated rings. The van der Waals surface area contributed by atoms with Gasteiger partial charge in [-0.3, -0.25) is 0 Å². The van der Waals surface area contributed by atoms with E-state index in [1.165, 1.54) is 17.5 Å². The maximum atomic E-state index is 6.21. The summed E-state index contributed by atoms with van der Waals surface area (Å²) in [4.78, 5) is 0. The molecule has 2 rings (SSSR count). The number of rotatable bonds is 1. The molecule has 0 spiro atoms. The molecule has 0 heterocycles. The average Bonchev–Trinajstić information content (AvgIpc) is 2.47. The summed E-state index contributed by atoms with van der Waals surface area (Å²) in [5, 5.41) is 0.928. The van der Waals surface area contributed by atoms with Crippen LogP contribution in [-0.2, 0) is 6.42 Å².